The van der Waals surface area contributed by atoms with Gasteiger partial charge in [0.15, 0.2) is 0 Å². The van der Waals surface area contributed by atoms with Crippen LogP contribution in [0.15, 0.2) is 29.4 Å². The molecule has 1 aliphatic heterocycles. The van der Waals surface area contributed by atoms with E-state index in [0.717, 1.165) is 12.2 Å². The van der Waals surface area contributed by atoms with Crippen molar-refractivity contribution in [3.05, 3.63) is 40.3 Å². The minimum absolute atomic E-state index is 0.102. The molecule has 1 fully saturated rings. The Morgan fingerprint density at radius 2 is 2.30 bits per heavy atom. The maximum Gasteiger partial charge on any atom is 0.227 e. The van der Waals surface area contributed by atoms with Crippen LogP contribution < -0.4 is 4.90 Å². The molecule has 0 spiro atoms. The van der Waals surface area contributed by atoms with Gasteiger partial charge in [0.25, 0.3) is 0 Å². The molecule has 0 aromatic heterocycles. The third-order valence-corrected chi connectivity index (χ3v) is 3.33. The number of azide groups is 1. The first kappa shape index (κ1) is 14.4. The van der Waals surface area contributed by atoms with Crippen molar-refractivity contribution in [2.24, 2.45) is 11.0 Å². The second kappa shape index (κ2) is 6.41. The summed E-state index contributed by atoms with van der Waals surface area (Å²) in [5, 5.41) is 3.57. The Kier molecular flexibility index (Phi) is 4.61. The molecular weight excluding hydrogens is 254 g/mol. The van der Waals surface area contributed by atoms with Gasteiger partial charge in [0.1, 0.15) is 0 Å². The average molecular weight is 273 g/mol. The zero-order chi connectivity index (χ0) is 14.5. The predicted molar refractivity (Wildman–Crippen MR) is 78.3 cm³/mol. The summed E-state index contributed by atoms with van der Waals surface area (Å²) in [6.45, 7) is 1.86. The summed E-state index contributed by atoms with van der Waals surface area (Å²) >= 11 is 0. The van der Waals surface area contributed by atoms with Gasteiger partial charge in [-0.05, 0) is 43.2 Å². The van der Waals surface area contributed by atoms with Gasteiger partial charge < -0.3 is 9.80 Å². The maximum atomic E-state index is 12.1. The van der Waals surface area contributed by atoms with Crippen molar-refractivity contribution in [1.29, 1.82) is 0 Å². The summed E-state index contributed by atoms with van der Waals surface area (Å²) < 4.78 is 0. The summed E-state index contributed by atoms with van der Waals surface area (Å²) in [7, 11) is 4.03. The van der Waals surface area contributed by atoms with Gasteiger partial charge >= 0.3 is 0 Å². The smallest absolute Gasteiger partial charge is 0.227 e. The second-order valence-corrected chi connectivity index (χ2v) is 5.40. The molecule has 0 N–H and O–H groups in total. The molecule has 6 nitrogen and oxygen atoms in total. The van der Waals surface area contributed by atoms with Crippen molar-refractivity contribution >= 4 is 11.6 Å². The lowest BCUT2D eigenvalue weighted by Gasteiger charge is -2.18. The molecule has 20 heavy (non-hydrogen) atoms. The van der Waals surface area contributed by atoms with Gasteiger partial charge in [-0.1, -0.05) is 17.2 Å². The Morgan fingerprint density at radius 3 is 3.00 bits per heavy atom. The lowest BCUT2D eigenvalue weighted by molar-refractivity contribution is -0.117. The largest absolute Gasteiger partial charge is 0.312 e. The van der Waals surface area contributed by atoms with Gasteiger partial charge in [0.2, 0.25) is 5.91 Å². The number of hydrogen-bond donors (Lipinski definition) is 0. The Balaban J connectivity index is 2.11. The SMILES string of the molecule is CN(C)Cc1cccc(N2CC(CN=[N+]=[N-])CC2=O)c1. The predicted octanol–water partition coefficient (Wildman–Crippen LogP) is 2.41. The second-order valence-electron chi connectivity index (χ2n) is 5.40. The molecule has 1 aliphatic rings. The molecule has 0 radical (unpaired) electrons. The highest BCUT2D eigenvalue weighted by molar-refractivity contribution is 5.95. The number of anilines is 1. The summed E-state index contributed by atoms with van der Waals surface area (Å²) in [5.74, 6) is 0.223. The molecule has 0 bridgehead atoms. The first-order chi connectivity index (χ1) is 9.60. The summed E-state index contributed by atoms with van der Waals surface area (Å²) in [6, 6.07) is 8.03. The van der Waals surface area contributed by atoms with Gasteiger partial charge in [-0.25, -0.2) is 0 Å². The first-order valence-corrected chi connectivity index (χ1v) is 6.65. The Morgan fingerprint density at radius 1 is 1.50 bits per heavy atom. The van der Waals surface area contributed by atoms with Crippen LogP contribution in [0, 0.1) is 5.92 Å². The molecule has 1 aromatic rings. The quantitative estimate of drug-likeness (QED) is 0.469. The van der Waals surface area contributed by atoms with Gasteiger partial charge in [0.05, 0.1) is 0 Å². The minimum Gasteiger partial charge on any atom is -0.312 e. The molecule has 0 saturated carbocycles. The summed E-state index contributed by atoms with van der Waals surface area (Å²) in [4.78, 5) is 18.7. The molecule has 1 heterocycles. The summed E-state index contributed by atoms with van der Waals surface area (Å²) in [5.41, 5.74) is 10.5. The van der Waals surface area contributed by atoms with Crippen LogP contribution in [0.3, 0.4) is 0 Å². The topological polar surface area (TPSA) is 72.3 Å². The van der Waals surface area contributed by atoms with E-state index in [2.05, 4.69) is 21.0 Å². The van der Waals surface area contributed by atoms with Crippen LogP contribution in [0.4, 0.5) is 5.69 Å². The van der Waals surface area contributed by atoms with E-state index in [-0.39, 0.29) is 11.8 Å². The molecule has 1 atom stereocenters. The number of benzene rings is 1. The number of carbonyl (C=O) groups excluding carboxylic acids is 1. The van der Waals surface area contributed by atoms with Gasteiger partial charge in [-0.15, -0.1) is 0 Å². The van der Waals surface area contributed by atoms with Crippen molar-refractivity contribution in [2.75, 3.05) is 32.1 Å². The van der Waals surface area contributed by atoms with Gasteiger partial charge in [-0.3, -0.25) is 4.79 Å². The third kappa shape index (κ3) is 3.50. The van der Waals surface area contributed by atoms with Crippen LogP contribution in [0.25, 0.3) is 10.4 Å². The zero-order valence-electron chi connectivity index (χ0n) is 11.9. The van der Waals surface area contributed by atoms with Crippen molar-refractivity contribution < 1.29 is 4.79 Å². The molecule has 0 aliphatic carbocycles. The van der Waals surface area contributed by atoms with Crippen LogP contribution in [-0.4, -0.2) is 38.0 Å². The fourth-order valence-electron chi connectivity index (χ4n) is 2.49. The van der Waals surface area contributed by atoms with Crippen LogP contribution in [0.1, 0.15) is 12.0 Å². The Labute approximate surface area is 118 Å². The van der Waals surface area contributed by atoms with E-state index in [0.29, 0.717) is 19.5 Å². The number of rotatable bonds is 5. The van der Waals surface area contributed by atoms with Crippen molar-refractivity contribution in [1.82, 2.24) is 4.90 Å². The van der Waals surface area contributed by atoms with Crippen LogP contribution in [-0.2, 0) is 11.3 Å². The average Bonchev–Trinajstić information content (AvgIpc) is 2.77. The van der Waals surface area contributed by atoms with E-state index >= 15 is 0 Å². The van der Waals surface area contributed by atoms with E-state index in [1.165, 1.54) is 5.56 Å². The normalized spacial score (nSPS) is 18.4. The maximum absolute atomic E-state index is 12.1. The molecule has 2 rings (SSSR count). The van der Waals surface area contributed by atoms with Crippen LogP contribution in [0.2, 0.25) is 0 Å². The highest BCUT2D eigenvalue weighted by atomic mass is 16.2. The fourth-order valence-corrected chi connectivity index (χ4v) is 2.49. The van der Waals surface area contributed by atoms with Crippen molar-refractivity contribution in [2.45, 2.75) is 13.0 Å². The number of carbonyl (C=O) groups is 1. The highest BCUT2D eigenvalue weighted by Gasteiger charge is 2.30. The van der Waals surface area contributed by atoms with Crippen molar-refractivity contribution in [3.8, 4) is 0 Å². The van der Waals surface area contributed by atoms with Crippen molar-refractivity contribution in [3.63, 3.8) is 0 Å². The molecule has 106 valence electrons. The monoisotopic (exact) mass is 273 g/mol. The van der Waals surface area contributed by atoms with E-state index in [1.54, 1.807) is 4.90 Å². The molecule has 6 heteroatoms. The number of amides is 1. The lowest BCUT2D eigenvalue weighted by atomic mass is 10.1. The van der Waals surface area contributed by atoms with Gasteiger partial charge in [0, 0.05) is 36.7 Å². The Hall–Kier alpha value is -2.04. The zero-order valence-corrected chi connectivity index (χ0v) is 11.9. The number of hydrogen-bond acceptors (Lipinski definition) is 3. The van der Waals surface area contributed by atoms with Gasteiger partial charge in [-0.2, -0.15) is 0 Å². The molecule has 1 unspecified atom stereocenters. The van der Waals surface area contributed by atoms with E-state index < -0.39 is 0 Å². The van der Waals surface area contributed by atoms with E-state index in [1.807, 2.05) is 32.3 Å². The molecule has 1 aromatic carbocycles. The molecule has 1 saturated heterocycles. The first-order valence-electron chi connectivity index (χ1n) is 6.65. The third-order valence-electron chi connectivity index (χ3n) is 3.33. The van der Waals surface area contributed by atoms with Crippen LogP contribution >= 0.6 is 0 Å². The summed E-state index contributed by atoms with van der Waals surface area (Å²) in [6.07, 6.45) is 0.455. The van der Waals surface area contributed by atoms with E-state index in [9.17, 15) is 4.79 Å². The standard InChI is InChI=1S/C14H19N5O/c1-18(2)9-11-4-3-5-13(6-11)19-10-12(7-14(19)20)8-16-17-15/h3-6,12H,7-10H2,1-2H3. The molecule has 1 amide bonds. The number of nitrogens with zero attached hydrogens (tertiary/aromatic N) is 5. The van der Waals surface area contributed by atoms with E-state index in [4.69, 9.17) is 5.53 Å². The lowest BCUT2D eigenvalue weighted by Crippen LogP contribution is -2.25. The molecular formula is C14H19N5O. The Bertz CT molecular complexity index is 536. The highest BCUT2D eigenvalue weighted by Crippen LogP contribution is 2.26. The fraction of sp³-hybridized carbons (Fsp3) is 0.500. The minimum atomic E-state index is 0.102. The van der Waals surface area contributed by atoms with Crippen LogP contribution in [0.5, 0.6) is 0 Å².